The summed E-state index contributed by atoms with van der Waals surface area (Å²) in [7, 11) is -4.39. The highest BCUT2D eigenvalue weighted by Crippen LogP contribution is 2.42. The maximum absolute atomic E-state index is 11.9. The average molecular weight is 602 g/mol. The number of amides is 1. The number of esters is 1. The van der Waals surface area contributed by atoms with Crippen LogP contribution in [0, 0.1) is 0 Å². The first-order valence-electron chi connectivity index (χ1n) is 15.5. The highest BCUT2D eigenvalue weighted by molar-refractivity contribution is 7.47. The first kappa shape index (κ1) is 39.2. The number of ether oxygens (including phenoxy) is 1. The molecule has 0 saturated heterocycles. The molecule has 3 N–H and O–H groups in total. The Bertz CT molecular complexity index is 784. The molecule has 0 aromatic heterocycles. The molecule has 2 unspecified atom stereocenters. The van der Waals surface area contributed by atoms with Crippen LogP contribution in [0.25, 0.3) is 0 Å². The Morgan fingerprint density at radius 1 is 0.756 bits per heavy atom. The van der Waals surface area contributed by atoms with E-state index < -0.39 is 26.5 Å². The summed E-state index contributed by atoms with van der Waals surface area (Å²) in [6.07, 6.45) is 28.1. The number of aliphatic hydroxyl groups excluding tert-OH is 1. The van der Waals surface area contributed by atoms with E-state index in [1.807, 2.05) is 6.92 Å². The summed E-state index contributed by atoms with van der Waals surface area (Å²) in [6, 6.07) is 0. The standard InChI is InChI=1S/C31H56NO8P/c1-3-5-6-7-8-9-10-11-12-13-14-15-16-17-18-19-20-21-22-24-30(34)32-25-26-39-41(36,37)40-28-29(33)27-38-31(35)23-4-2/h8-9,11-12,14-15,29,33H,3-7,10,13,16-28H2,1-2H3,(H,32,34)(H,36,37)/b9-8-,12-11-,15-14-. The second kappa shape index (κ2) is 28.4. The molecule has 0 aromatic carbocycles. The normalized spacial score (nSPS) is 14.1. The summed E-state index contributed by atoms with van der Waals surface area (Å²) in [5, 5.41) is 12.3. The van der Waals surface area contributed by atoms with E-state index >= 15 is 0 Å². The van der Waals surface area contributed by atoms with Gasteiger partial charge in [0.2, 0.25) is 5.91 Å². The molecule has 0 bridgehead atoms. The van der Waals surface area contributed by atoms with Gasteiger partial charge in [-0.05, 0) is 51.4 Å². The lowest BCUT2D eigenvalue weighted by atomic mass is 10.1. The summed E-state index contributed by atoms with van der Waals surface area (Å²) >= 11 is 0. The molecule has 1 amide bonds. The highest BCUT2D eigenvalue weighted by Gasteiger charge is 2.23. The van der Waals surface area contributed by atoms with Crippen LogP contribution in [0.15, 0.2) is 36.5 Å². The van der Waals surface area contributed by atoms with E-state index in [9.17, 15) is 24.2 Å². The lowest BCUT2D eigenvalue weighted by Gasteiger charge is -2.15. The van der Waals surface area contributed by atoms with Crippen LogP contribution in [0.2, 0.25) is 0 Å². The molecule has 0 aliphatic heterocycles. The van der Waals surface area contributed by atoms with E-state index in [-0.39, 0.29) is 32.1 Å². The zero-order chi connectivity index (χ0) is 30.4. The van der Waals surface area contributed by atoms with Gasteiger partial charge in [-0.15, -0.1) is 0 Å². The number of phosphoric acid groups is 1. The van der Waals surface area contributed by atoms with Crippen LogP contribution >= 0.6 is 7.82 Å². The van der Waals surface area contributed by atoms with Crippen LogP contribution < -0.4 is 5.32 Å². The third-order valence-corrected chi connectivity index (χ3v) is 7.03. The maximum Gasteiger partial charge on any atom is 0.472 e. The molecule has 0 saturated carbocycles. The van der Waals surface area contributed by atoms with Crippen LogP contribution in [0.5, 0.6) is 0 Å². The van der Waals surface area contributed by atoms with E-state index in [1.54, 1.807) is 0 Å². The number of hydrogen-bond acceptors (Lipinski definition) is 7. The van der Waals surface area contributed by atoms with Crippen molar-refractivity contribution in [3.63, 3.8) is 0 Å². The van der Waals surface area contributed by atoms with Crippen molar-refractivity contribution in [3.05, 3.63) is 36.5 Å². The highest BCUT2D eigenvalue weighted by atomic mass is 31.2. The molecule has 0 aromatic rings. The Morgan fingerprint density at radius 2 is 1.34 bits per heavy atom. The Labute approximate surface area is 248 Å². The van der Waals surface area contributed by atoms with Crippen LogP contribution in [0.3, 0.4) is 0 Å². The zero-order valence-electron chi connectivity index (χ0n) is 25.5. The number of unbranched alkanes of at least 4 members (excludes halogenated alkanes) is 9. The monoisotopic (exact) mass is 601 g/mol. The van der Waals surface area contributed by atoms with Gasteiger partial charge < -0.3 is 20.1 Å². The van der Waals surface area contributed by atoms with Gasteiger partial charge in [0.15, 0.2) is 0 Å². The Hall–Kier alpha value is -1.77. The smallest absolute Gasteiger partial charge is 0.463 e. The Morgan fingerprint density at radius 3 is 1.98 bits per heavy atom. The largest absolute Gasteiger partial charge is 0.472 e. The molecule has 0 aliphatic rings. The number of carbonyl (C=O) groups is 2. The van der Waals surface area contributed by atoms with Crippen molar-refractivity contribution in [2.75, 3.05) is 26.4 Å². The van der Waals surface area contributed by atoms with Crippen molar-refractivity contribution in [2.45, 2.75) is 123 Å². The lowest BCUT2D eigenvalue weighted by Crippen LogP contribution is -2.27. The number of carbonyl (C=O) groups excluding carboxylic acids is 2. The summed E-state index contributed by atoms with van der Waals surface area (Å²) in [4.78, 5) is 32.8. The van der Waals surface area contributed by atoms with Gasteiger partial charge in [0.05, 0.1) is 13.2 Å². The minimum Gasteiger partial charge on any atom is -0.463 e. The topological polar surface area (TPSA) is 131 Å². The third-order valence-electron chi connectivity index (χ3n) is 6.04. The van der Waals surface area contributed by atoms with E-state index in [4.69, 9.17) is 9.26 Å². The average Bonchev–Trinajstić information content (AvgIpc) is 2.94. The summed E-state index contributed by atoms with van der Waals surface area (Å²) < 4.78 is 26.1. The van der Waals surface area contributed by atoms with E-state index in [2.05, 4.69) is 53.2 Å². The molecule has 0 radical (unpaired) electrons. The van der Waals surface area contributed by atoms with E-state index in [0.29, 0.717) is 12.8 Å². The fraction of sp³-hybridized carbons (Fsp3) is 0.742. The van der Waals surface area contributed by atoms with Crippen LogP contribution in [-0.4, -0.2) is 54.3 Å². The molecule has 0 heterocycles. The summed E-state index contributed by atoms with van der Waals surface area (Å²) in [5.41, 5.74) is 0. The summed E-state index contributed by atoms with van der Waals surface area (Å²) in [6.45, 7) is 3.06. The van der Waals surface area contributed by atoms with Gasteiger partial charge in [0.1, 0.15) is 12.7 Å². The second-order valence-corrected chi connectivity index (χ2v) is 11.5. The lowest BCUT2D eigenvalue weighted by molar-refractivity contribution is -0.147. The molecule has 0 rings (SSSR count). The SMILES string of the molecule is CCCCC/C=C\C/C=C\C/C=C\CCCCCCCCC(=O)NCCOP(=O)(O)OCC(O)COC(=O)CCC. The number of aliphatic hydroxyl groups is 1. The quantitative estimate of drug-likeness (QED) is 0.0375. The van der Waals surface area contributed by atoms with Crippen LogP contribution in [0.1, 0.15) is 117 Å². The van der Waals surface area contributed by atoms with Crippen molar-refractivity contribution < 1.29 is 37.9 Å². The minimum absolute atomic E-state index is 0.0728. The fourth-order valence-corrected chi connectivity index (χ4v) is 4.47. The minimum atomic E-state index is -4.39. The molecule has 41 heavy (non-hydrogen) atoms. The number of phosphoric ester groups is 1. The zero-order valence-corrected chi connectivity index (χ0v) is 26.4. The predicted octanol–water partition coefficient (Wildman–Crippen LogP) is 7.09. The summed E-state index contributed by atoms with van der Waals surface area (Å²) in [5.74, 6) is -0.589. The van der Waals surface area contributed by atoms with Crippen LogP contribution in [0.4, 0.5) is 0 Å². The molecule has 0 fully saturated rings. The van der Waals surface area contributed by atoms with Gasteiger partial charge in [-0.2, -0.15) is 0 Å². The van der Waals surface area contributed by atoms with Gasteiger partial charge in [0, 0.05) is 19.4 Å². The van der Waals surface area contributed by atoms with Gasteiger partial charge in [-0.1, -0.05) is 88.8 Å². The van der Waals surface area contributed by atoms with E-state index in [1.165, 1.54) is 38.5 Å². The Balaban J connectivity index is 3.59. The molecule has 0 aliphatic carbocycles. The number of allylic oxidation sites excluding steroid dienone is 6. The van der Waals surface area contributed by atoms with Gasteiger partial charge >= 0.3 is 13.8 Å². The molecular formula is C31H56NO8P. The fourth-order valence-electron chi connectivity index (χ4n) is 3.72. The van der Waals surface area contributed by atoms with Gasteiger partial charge in [-0.25, -0.2) is 4.57 Å². The van der Waals surface area contributed by atoms with Crippen molar-refractivity contribution in [1.29, 1.82) is 0 Å². The predicted molar refractivity (Wildman–Crippen MR) is 164 cm³/mol. The molecule has 9 nitrogen and oxygen atoms in total. The van der Waals surface area contributed by atoms with Crippen molar-refractivity contribution >= 4 is 19.7 Å². The van der Waals surface area contributed by atoms with E-state index in [0.717, 1.165) is 44.9 Å². The first-order valence-corrected chi connectivity index (χ1v) is 17.0. The van der Waals surface area contributed by atoms with Gasteiger partial charge in [0.25, 0.3) is 0 Å². The maximum atomic E-state index is 11.9. The number of hydrogen-bond donors (Lipinski definition) is 3. The van der Waals surface area contributed by atoms with Crippen molar-refractivity contribution in [1.82, 2.24) is 5.32 Å². The molecular weight excluding hydrogens is 545 g/mol. The Kier molecular flexibility index (Phi) is 27.1. The number of nitrogens with one attached hydrogen (secondary N) is 1. The molecule has 10 heteroatoms. The van der Waals surface area contributed by atoms with Crippen LogP contribution in [-0.2, 0) is 27.9 Å². The third kappa shape index (κ3) is 29.5. The molecule has 2 atom stereocenters. The number of rotatable bonds is 28. The van der Waals surface area contributed by atoms with Crippen molar-refractivity contribution in [2.24, 2.45) is 0 Å². The first-order chi connectivity index (χ1) is 19.8. The molecule has 238 valence electrons. The van der Waals surface area contributed by atoms with Crippen molar-refractivity contribution in [3.8, 4) is 0 Å². The second-order valence-electron chi connectivity index (χ2n) is 10.1. The molecule has 0 spiro atoms. The van der Waals surface area contributed by atoms with Gasteiger partial charge in [-0.3, -0.25) is 18.6 Å².